The van der Waals surface area contributed by atoms with Crippen LogP contribution in [0.15, 0.2) is 42.5 Å². The highest BCUT2D eigenvalue weighted by atomic mass is 16.5. The first-order valence-corrected chi connectivity index (χ1v) is 9.99. The van der Waals surface area contributed by atoms with Crippen LogP contribution in [0.2, 0.25) is 0 Å². The predicted octanol–water partition coefficient (Wildman–Crippen LogP) is 3.00. The molecule has 1 fully saturated rings. The van der Waals surface area contributed by atoms with Crippen molar-refractivity contribution in [3.8, 4) is 11.5 Å². The number of fused-ring (bicyclic) bond motifs is 1. The van der Waals surface area contributed by atoms with Gasteiger partial charge in [0.2, 0.25) is 0 Å². The highest BCUT2D eigenvalue weighted by Gasteiger charge is 2.14. The minimum atomic E-state index is 0.658. The van der Waals surface area contributed by atoms with Gasteiger partial charge in [-0.25, -0.2) is 0 Å². The van der Waals surface area contributed by atoms with Gasteiger partial charge in [-0.15, -0.1) is 0 Å². The Hall–Kier alpha value is -2.77. The molecule has 3 aromatic rings. The lowest BCUT2D eigenvalue weighted by Crippen LogP contribution is -2.38. The molecular formula is C22H28N4O3. The van der Waals surface area contributed by atoms with Crippen LogP contribution in [0, 0.1) is 0 Å². The molecule has 1 N–H and O–H groups in total. The SMILES string of the molecule is COc1ccc(CNc2nn(CCN3CCOCC3)c3ccccc23)cc1OC. The molecule has 4 rings (SSSR count). The third kappa shape index (κ3) is 4.46. The Morgan fingerprint density at radius 2 is 1.79 bits per heavy atom. The number of hydrogen-bond acceptors (Lipinski definition) is 6. The summed E-state index contributed by atoms with van der Waals surface area (Å²) in [6, 6.07) is 14.3. The van der Waals surface area contributed by atoms with E-state index in [1.165, 1.54) is 0 Å². The van der Waals surface area contributed by atoms with Crippen LogP contribution in [-0.4, -0.2) is 61.7 Å². The summed E-state index contributed by atoms with van der Waals surface area (Å²) in [6.45, 7) is 6.11. The van der Waals surface area contributed by atoms with Gasteiger partial charge in [0.25, 0.3) is 0 Å². The minimum absolute atomic E-state index is 0.658. The van der Waals surface area contributed by atoms with Crippen LogP contribution in [0.4, 0.5) is 5.82 Å². The summed E-state index contributed by atoms with van der Waals surface area (Å²) >= 11 is 0. The molecule has 0 atom stereocenters. The zero-order valence-electron chi connectivity index (χ0n) is 17.1. The summed E-state index contributed by atoms with van der Waals surface area (Å²) in [5.41, 5.74) is 2.25. The van der Waals surface area contributed by atoms with Crippen molar-refractivity contribution >= 4 is 16.7 Å². The van der Waals surface area contributed by atoms with E-state index in [-0.39, 0.29) is 0 Å². The Balaban J connectivity index is 1.48. The van der Waals surface area contributed by atoms with Gasteiger partial charge in [-0.3, -0.25) is 9.58 Å². The highest BCUT2D eigenvalue weighted by molar-refractivity contribution is 5.90. The molecule has 1 aliphatic rings. The van der Waals surface area contributed by atoms with E-state index in [1.54, 1.807) is 14.2 Å². The van der Waals surface area contributed by atoms with Crippen LogP contribution in [0.5, 0.6) is 11.5 Å². The number of morpholine rings is 1. The first-order valence-electron chi connectivity index (χ1n) is 9.99. The lowest BCUT2D eigenvalue weighted by Gasteiger charge is -2.26. The normalized spacial score (nSPS) is 14.8. The highest BCUT2D eigenvalue weighted by Crippen LogP contribution is 2.28. The molecular weight excluding hydrogens is 368 g/mol. The third-order valence-electron chi connectivity index (χ3n) is 5.30. The van der Waals surface area contributed by atoms with Crippen LogP contribution in [-0.2, 0) is 17.8 Å². The molecule has 1 aliphatic heterocycles. The number of anilines is 1. The fourth-order valence-electron chi connectivity index (χ4n) is 3.67. The molecule has 1 saturated heterocycles. The molecule has 0 saturated carbocycles. The molecule has 0 aliphatic carbocycles. The number of rotatable bonds is 8. The maximum Gasteiger partial charge on any atom is 0.161 e. The molecule has 7 heteroatoms. The van der Waals surface area contributed by atoms with Crippen LogP contribution in [0.1, 0.15) is 5.56 Å². The van der Waals surface area contributed by atoms with E-state index in [0.717, 1.165) is 73.2 Å². The second kappa shape index (κ2) is 9.15. The van der Waals surface area contributed by atoms with E-state index in [1.807, 2.05) is 18.2 Å². The Labute approximate surface area is 171 Å². The zero-order valence-corrected chi connectivity index (χ0v) is 17.1. The van der Waals surface area contributed by atoms with E-state index in [2.05, 4.69) is 39.2 Å². The van der Waals surface area contributed by atoms with Gasteiger partial charge in [0, 0.05) is 31.6 Å². The number of para-hydroxylation sites is 1. The van der Waals surface area contributed by atoms with E-state index in [4.69, 9.17) is 19.3 Å². The largest absolute Gasteiger partial charge is 0.493 e. The number of ether oxygens (including phenoxy) is 3. The Morgan fingerprint density at radius 3 is 2.59 bits per heavy atom. The van der Waals surface area contributed by atoms with Gasteiger partial charge in [0.1, 0.15) is 0 Å². The second-order valence-corrected chi connectivity index (χ2v) is 7.09. The Kier molecular flexibility index (Phi) is 6.17. The molecule has 0 bridgehead atoms. The standard InChI is InChI=1S/C22H28N4O3/c1-27-20-8-7-17(15-21(20)28-2)16-23-22-18-5-3-4-6-19(18)26(24-22)10-9-25-11-13-29-14-12-25/h3-8,15H,9-14,16H2,1-2H3,(H,23,24). The molecule has 154 valence electrons. The molecule has 2 aromatic carbocycles. The molecule has 29 heavy (non-hydrogen) atoms. The second-order valence-electron chi connectivity index (χ2n) is 7.09. The van der Waals surface area contributed by atoms with Crippen molar-refractivity contribution in [1.29, 1.82) is 0 Å². The Morgan fingerprint density at radius 1 is 1.00 bits per heavy atom. The zero-order chi connectivity index (χ0) is 20.1. The van der Waals surface area contributed by atoms with Gasteiger partial charge in [-0.05, 0) is 29.8 Å². The molecule has 7 nitrogen and oxygen atoms in total. The first kappa shape index (κ1) is 19.5. The number of nitrogens with zero attached hydrogens (tertiary/aromatic N) is 3. The number of benzene rings is 2. The summed E-state index contributed by atoms with van der Waals surface area (Å²) in [5, 5.41) is 9.48. The number of methoxy groups -OCH3 is 2. The predicted molar refractivity (Wildman–Crippen MR) is 114 cm³/mol. The maximum atomic E-state index is 5.44. The number of aromatic nitrogens is 2. The maximum absolute atomic E-state index is 5.44. The van der Waals surface area contributed by atoms with Gasteiger partial charge in [-0.1, -0.05) is 18.2 Å². The van der Waals surface area contributed by atoms with Crippen molar-refractivity contribution < 1.29 is 14.2 Å². The fraction of sp³-hybridized carbons (Fsp3) is 0.409. The molecule has 2 heterocycles. The Bertz CT molecular complexity index is 950. The first-order chi connectivity index (χ1) is 14.3. The van der Waals surface area contributed by atoms with E-state index >= 15 is 0 Å². The lowest BCUT2D eigenvalue weighted by atomic mass is 10.2. The average Bonchev–Trinajstić information content (AvgIpc) is 3.14. The molecule has 0 unspecified atom stereocenters. The van der Waals surface area contributed by atoms with Gasteiger partial charge in [0.05, 0.1) is 39.5 Å². The average molecular weight is 396 g/mol. The summed E-state index contributed by atoms with van der Waals surface area (Å²) in [6.07, 6.45) is 0. The van der Waals surface area contributed by atoms with Crippen molar-refractivity contribution in [2.75, 3.05) is 52.4 Å². The van der Waals surface area contributed by atoms with E-state index in [0.29, 0.717) is 6.54 Å². The lowest BCUT2D eigenvalue weighted by molar-refractivity contribution is 0.0361. The van der Waals surface area contributed by atoms with Gasteiger partial charge < -0.3 is 19.5 Å². The van der Waals surface area contributed by atoms with Crippen molar-refractivity contribution in [2.24, 2.45) is 0 Å². The van der Waals surface area contributed by atoms with Gasteiger partial charge in [0.15, 0.2) is 17.3 Å². The van der Waals surface area contributed by atoms with Crippen molar-refractivity contribution in [3.63, 3.8) is 0 Å². The summed E-state index contributed by atoms with van der Waals surface area (Å²) < 4.78 is 18.3. The van der Waals surface area contributed by atoms with E-state index < -0.39 is 0 Å². The smallest absolute Gasteiger partial charge is 0.161 e. The van der Waals surface area contributed by atoms with Crippen LogP contribution in [0.3, 0.4) is 0 Å². The molecule has 0 spiro atoms. The van der Waals surface area contributed by atoms with Crippen LogP contribution >= 0.6 is 0 Å². The fourth-order valence-corrected chi connectivity index (χ4v) is 3.67. The van der Waals surface area contributed by atoms with Crippen molar-refractivity contribution in [1.82, 2.24) is 14.7 Å². The van der Waals surface area contributed by atoms with Crippen molar-refractivity contribution in [2.45, 2.75) is 13.1 Å². The quantitative estimate of drug-likeness (QED) is 0.632. The third-order valence-corrected chi connectivity index (χ3v) is 5.30. The number of nitrogens with one attached hydrogen (secondary N) is 1. The van der Waals surface area contributed by atoms with Crippen LogP contribution < -0.4 is 14.8 Å². The number of hydrogen-bond donors (Lipinski definition) is 1. The molecule has 1 aromatic heterocycles. The van der Waals surface area contributed by atoms with E-state index in [9.17, 15) is 0 Å². The van der Waals surface area contributed by atoms with Crippen LogP contribution in [0.25, 0.3) is 10.9 Å². The molecule has 0 amide bonds. The summed E-state index contributed by atoms with van der Waals surface area (Å²) in [5.74, 6) is 2.36. The monoisotopic (exact) mass is 396 g/mol. The molecule has 0 radical (unpaired) electrons. The minimum Gasteiger partial charge on any atom is -0.493 e. The summed E-state index contributed by atoms with van der Waals surface area (Å²) in [7, 11) is 3.30. The summed E-state index contributed by atoms with van der Waals surface area (Å²) in [4.78, 5) is 2.43. The topological polar surface area (TPSA) is 60.8 Å². The van der Waals surface area contributed by atoms with Crippen molar-refractivity contribution in [3.05, 3.63) is 48.0 Å². The van der Waals surface area contributed by atoms with Gasteiger partial charge in [-0.2, -0.15) is 5.10 Å². The van der Waals surface area contributed by atoms with Gasteiger partial charge >= 0.3 is 0 Å².